The summed E-state index contributed by atoms with van der Waals surface area (Å²) in [7, 11) is 0. The van der Waals surface area contributed by atoms with Gasteiger partial charge < -0.3 is 5.32 Å². The third kappa shape index (κ3) is 4.05. The Labute approximate surface area is 126 Å². The summed E-state index contributed by atoms with van der Waals surface area (Å²) in [6, 6.07) is 9.76. The van der Waals surface area contributed by atoms with Crippen LogP contribution in [0.25, 0.3) is 0 Å². The Bertz CT molecular complexity index is 575. The molecule has 4 nitrogen and oxygen atoms in total. The second-order valence-electron chi connectivity index (χ2n) is 4.46. The van der Waals surface area contributed by atoms with Crippen LogP contribution < -0.4 is 5.32 Å². The van der Waals surface area contributed by atoms with E-state index in [2.05, 4.69) is 33.0 Å². The molecule has 0 spiro atoms. The highest BCUT2D eigenvalue weighted by atomic mass is 127. The van der Waals surface area contributed by atoms with Gasteiger partial charge in [-0.1, -0.05) is 0 Å². The fraction of sp³-hybridized carbons (Fsp3) is 0.286. The minimum atomic E-state index is 0.00811. The Morgan fingerprint density at radius 3 is 2.58 bits per heavy atom. The zero-order valence-corrected chi connectivity index (χ0v) is 13.1. The summed E-state index contributed by atoms with van der Waals surface area (Å²) in [6.07, 6.45) is 0.425. The first-order valence-corrected chi connectivity index (χ1v) is 7.19. The number of hydrogen-bond donors (Lipinski definition) is 1. The molecule has 100 valence electrons. The maximum atomic E-state index is 11.8. The van der Waals surface area contributed by atoms with Crippen LogP contribution in [-0.2, 0) is 11.3 Å². The number of aryl methyl sites for hydroxylation is 3. The van der Waals surface area contributed by atoms with Crippen LogP contribution in [0, 0.1) is 17.4 Å². The fourth-order valence-corrected chi connectivity index (χ4v) is 2.23. The van der Waals surface area contributed by atoms with Gasteiger partial charge in [0.1, 0.15) is 0 Å². The summed E-state index contributed by atoms with van der Waals surface area (Å²) in [5.41, 5.74) is 2.90. The Morgan fingerprint density at radius 2 is 2.00 bits per heavy atom. The van der Waals surface area contributed by atoms with Gasteiger partial charge in [-0.3, -0.25) is 9.48 Å². The van der Waals surface area contributed by atoms with Gasteiger partial charge in [-0.2, -0.15) is 5.10 Å². The highest BCUT2D eigenvalue weighted by molar-refractivity contribution is 14.1. The SMILES string of the molecule is Cc1cc(C)n(CCC(=O)Nc2ccc(I)cc2)n1. The number of benzene rings is 1. The van der Waals surface area contributed by atoms with Crippen LogP contribution >= 0.6 is 22.6 Å². The lowest BCUT2D eigenvalue weighted by molar-refractivity contribution is -0.116. The van der Waals surface area contributed by atoms with Crippen molar-refractivity contribution in [3.63, 3.8) is 0 Å². The van der Waals surface area contributed by atoms with E-state index >= 15 is 0 Å². The molecule has 0 saturated heterocycles. The molecule has 0 aliphatic heterocycles. The van der Waals surface area contributed by atoms with Crippen molar-refractivity contribution in [1.82, 2.24) is 9.78 Å². The van der Waals surface area contributed by atoms with Gasteiger partial charge in [-0.05, 0) is 66.8 Å². The molecule has 0 aliphatic rings. The standard InChI is InChI=1S/C14H16IN3O/c1-10-9-11(2)18(17-10)8-7-14(19)16-13-5-3-12(15)4-6-13/h3-6,9H,7-8H2,1-2H3,(H,16,19). The van der Waals surface area contributed by atoms with Crippen LogP contribution in [0.2, 0.25) is 0 Å². The van der Waals surface area contributed by atoms with Gasteiger partial charge in [0.15, 0.2) is 0 Å². The molecule has 2 rings (SSSR count). The first-order chi connectivity index (χ1) is 9.04. The second kappa shape index (κ2) is 6.18. The third-order valence-electron chi connectivity index (χ3n) is 2.78. The minimum Gasteiger partial charge on any atom is -0.326 e. The molecular formula is C14H16IN3O. The van der Waals surface area contributed by atoms with E-state index in [1.807, 2.05) is 48.9 Å². The van der Waals surface area contributed by atoms with Crippen LogP contribution in [0.3, 0.4) is 0 Å². The zero-order valence-electron chi connectivity index (χ0n) is 11.0. The lowest BCUT2D eigenvalue weighted by Gasteiger charge is -2.06. The minimum absolute atomic E-state index is 0.00811. The quantitative estimate of drug-likeness (QED) is 0.842. The van der Waals surface area contributed by atoms with Gasteiger partial charge in [0, 0.05) is 27.9 Å². The van der Waals surface area contributed by atoms with Crippen LogP contribution in [0.15, 0.2) is 30.3 Å². The molecule has 0 radical (unpaired) electrons. The molecule has 1 N–H and O–H groups in total. The highest BCUT2D eigenvalue weighted by Gasteiger charge is 2.05. The van der Waals surface area contributed by atoms with Crippen LogP contribution in [0.1, 0.15) is 17.8 Å². The number of halogens is 1. The van der Waals surface area contributed by atoms with Crippen molar-refractivity contribution in [2.75, 3.05) is 5.32 Å². The summed E-state index contributed by atoms with van der Waals surface area (Å²) in [6.45, 7) is 4.56. The molecule has 2 aromatic rings. The number of anilines is 1. The van der Waals surface area contributed by atoms with Crippen LogP contribution in [0.5, 0.6) is 0 Å². The predicted molar refractivity (Wildman–Crippen MR) is 84.1 cm³/mol. The molecule has 1 aromatic heterocycles. The summed E-state index contributed by atoms with van der Waals surface area (Å²) in [4.78, 5) is 11.8. The second-order valence-corrected chi connectivity index (χ2v) is 5.70. The van der Waals surface area contributed by atoms with Crippen LogP contribution in [-0.4, -0.2) is 15.7 Å². The highest BCUT2D eigenvalue weighted by Crippen LogP contribution is 2.11. The van der Waals surface area contributed by atoms with Crippen molar-refractivity contribution < 1.29 is 4.79 Å². The van der Waals surface area contributed by atoms with Gasteiger partial charge in [0.25, 0.3) is 0 Å². The van der Waals surface area contributed by atoms with Gasteiger partial charge >= 0.3 is 0 Å². The maximum absolute atomic E-state index is 11.8. The number of hydrogen-bond acceptors (Lipinski definition) is 2. The van der Waals surface area contributed by atoms with Crippen molar-refractivity contribution in [3.8, 4) is 0 Å². The topological polar surface area (TPSA) is 46.9 Å². The molecule has 5 heteroatoms. The normalized spacial score (nSPS) is 10.5. The summed E-state index contributed by atoms with van der Waals surface area (Å²) in [5, 5.41) is 7.22. The Kier molecular flexibility index (Phi) is 4.57. The molecule has 0 fully saturated rings. The summed E-state index contributed by atoms with van der Waals surface area (Å²) >= 11 is 2.24. The molecule has 1 aromatic carbocycles. The van der Waals surface area contributed by atoms with E-state index in [0.717, 1.165) is 20.6 Å². The Morgan fingerprint density at radius 1 is 1.32 bits per heavy atom. The first-order valence-electron chi connectivity index (χ1n) is 6.11. The Hall–Kier alpha value is -1.37. The molecule has 0 atom stereocenters. The smallest absolute Gasteiger partial charge is 0.226 e. The van der Waals surface area contributed by atoms with Crippen molar-refractivity contribution in [3.05, 3.63) is 45.3 Å². The maximum Gasteiger partial charge on any atom is 0.226 e. The lowest BCUT2D eigenvalue weighted by atomic mass is 10.3. The van der Waals surface area contributed by atoms with Gasteiger partial charge in [0.2, 0.25) is 5.91 Å². The largest absolute Gasteiger partial charge is 0.326 e. The zero-order chi connectivity index (χ0) is 13.8. The average molecular weight is 369 g/mol. The van der Waals surface area contributed by atoms with Crippen molar-refractivity contribution >= 4 is 34.2 Å². The van der Waals surface area contributed by atoms with Crippen molar-refractivity contribution in [2.45, 2.75) is 26.8 Å². The number of carbonyl (C=O) groups excluding carboxylic acids is 1. The van der Waals surface area contributed by atoms with Crippen molar-refractivity contribution in [1.29, 1.82) is 0 Å². The number of rotatable bonds is 4. The van der Waals surface area contributed by atoms with E-state index in [-0.39, 0.29) is 5.91 Å². The molecule has 1 amide bonds. The van der Waals surface area contributed by atoms with Gasteiger partial charge in [-0.15, -0.1) is 0 Å². The number of aromatic nitrogens is 2. The van der Waals surface area contributed by atoms with Gasteiger partial charge in [0.05, 0.1) is 5.69 Å². The molecule has 1 heterocycles. The molecule has 0 unspecified atom stereocenters. The first kappa shape index (κ1) is 14.0. The number of nitrogens with one attached hydrogen (secondary N) is 1. The summed E-state index contributed by atoms with van der Waals surface area (Å²) < 4.78 is 3.02. The van der Waals surface area contributed by atoms with Crippen molar-refractivity contribution in [2.24, 2.45) is 0 Å². The Balaban J connectivity index is 1.88. The molecular weight excluding hydrogens is 353 g/mol. The number of carbonyl (C=O) groups is 1. The third-order valence-corrected chi connectivity index (χ3v) is 3.50. The van der Waals surface area contributed by atoms with E-state index in [1.165, 1.54) is 0 Å². The predicted octanol–water partition coefficient (Wildman–Crippen LogP) is 3.13. The molecule has 0 saturated carbocycles. The number of nitrogens with zero attached hydrogens (tertiary/aromatic N) is 2. The van der Waals surface area contributed by atoms with E-state index in [4.69, 9.17) is 0 Å². The molecule has 0 aliphatic carbocycles. The molecule has 0 bridgehead atoms. The van der Waals surface area contributed by atoms with E-state index in [9.17, 15) is 4.79 Å². The average Bonchev–Trinajstić information content (AvgIpc) is 2.68. The lowest BCUT2D eigenvalue weighted by Crippen LogP contribution is -2.15. The van der Waals surface area contributed by atoms with E-state index in [1.54, 1.807) is 0 Å². The summed E-state index contributed by atoms with van der Waals surface area (Å²) in [5.74, 6) is 0.00811. The van der Waals surface area contributed by atoms with Crippen LogP contribution in [0.4, 0.5) is 5.69 Å². The fourth-order valence-electron chi connectivity index (χ4n) is 1.87. The molecule has 19 heavy (non-hydrogen) atoms. The van der Waals surface area contributed by atoms with E-state index in [0.29, 0.717) is 13.0 Å². The van der Waals surface area contributed by atoms with Gasteiger partial charge in [-0.25, -0.2) is 0 Å². The number of amides is 1. The monoisotopic (exact) mass is 369 g/mol. The van der Waals surface area contributed by atoms with E-state index < -0.39 is 0 Å².